The summed E-state index contributed by atoms with van der Waals surface area (Å²) in [6, 6.07) is 22.5. The normalized spacial score (nSPS) is 17.7. The summed E-state index contributed by atoms with van der Waals surface area (Å²) in [7, 11) is 1.61. The first-order chi connectivity index (χ1) is 15.7. The minimum atomic E-state index is -0.521. The van der Waals surface area contributed by atoms with Crippen LogP contribution in [-0.4, -0.2) is 48.5 Å². The number of hydrogen-bond acceptors (Lipinski definition) is 4. The van der Waals surface area contributed by atoms with Crippen LogP contribution in [0.2, 0.25) is 0 Å². The van der Waals surface area contributed by atoms with Gasteiger partial charge in [-0.25, -0.2) is 0 Å². The topological polar surface area (TPSA) is 71.5 Å². The fraction of sp³-hybridized carbons (Fsp3) is 0.269. The van der Waals surface area contributed by atoms with Gasteiger partial charge in [-0.1, -0.05) is 54.6 Å². The number of nitrogens with zero attached hydrogens (tertiary/aromatic N) is 2. The summed E-state index contributed by atoms with van der Waals surface area (Å²) in [5.41, 5.74) is 3.18. The minimum absolute atomic E-state index is 0.0796. The van der Waals surface area contributed by atoms with Crippen molar-refractivity contribution in [3.63, 3.8) is 0 Å². The van der Waals surface area contributed by atoms with E-state index in [2.05, 4.69) is 10.3 Å². The largest absolute Gasteiger partial charge is 0.383 e. The molecule has 0 saturated carbocycles. The van der Waals surface area contributed by atoms with Gasteiger partial charge in [-0.15, -0.1) is 0 Å². The second kappa shape index (κ2) is 10.2. The van der Waals surface area contributed by atoms with Crippen molar-refractivity contribution >= 4 is 11.8 Å². The number of rotatable bonds is 8. The van der Waals surface area contributed by atoms with Crippen LogP contribution in [0, 0.1) is 0 Å². The number of aromatic nitrogens is 1. The van der Waals surface area contributed by atoms with Crippen LogP contribution in [0.4, 0.5) is 0 Å². The second-order valence-corrected chi connectivity index (χ2v) is 7.77. The van der Waals surface area contributed by atoms with Crippen molar-refractivity contribution in [2.45, 2.75) is 18.4 Å². The van der Waals surface area contributed by atoms with Crippen LogP contribution in [0.25, 0.3) is 0 Å². The summed E-state index contributed by atoms with van der Waals surface area (Å²) in [5.74, 6) is -0.701. The second-order valence-electron chi connectivity index (χ2n) is 7.77. The molecule has 1 aromatic heterocycles. The van der Waals surface area contributed by atoms with Gasteiger partial charge in [0.25, 0.3) is 5.91 Å². The van der Waals surface area contributed by atoms with Crippen molar-refractivity contribution in [3.05, 3.63) is 101 Å². The van der Waals surface area contributed by atoms with Crippen molar-refractivity contribution in [2.75, 3.05) is 26.8 Å². The van der Waals surface area contributed by atoms with E-state index in [-0.39, 0.29) is 11.8 Å². The lowest BCUT2D eigenvalue weighted by Crippen LogP contribution is -2.48. The van der Waals surface area contributed by atoms with Gasteiger partial charge in [0.1, 0.15) is 0 Å². The molecule has 1 aliphatic heterocycles. The Balaban J connectivity index is 1.67. The maximum Gasteiger partial charge on any atom is 0.254 e. The SMILES string of the molecule is COCCN1C(=O)c2ccccc2C(C(=O)NCCc2ccccn2)C1c1ccccc1. The number of pyridine rings is 1. The Morgan fingerprint density at radius 3 is 2.53 bits per heavy atom. The number of ether oxygens (including phenoxy) is 1. The van der Waals surface area contributed by atoms with Crippen LogP contribution in [0.5, 0.6) is 0 Å². The standard InChI is InChI=1S/C26H27N3O3/c1-32-18-17-29-24(19-9-3-2-4-10-19)23(21-12-5-6-13-22(21)26(29)31)25(30)28-16-14-20-11-7-8-15-27-20/h2-13,15,23-24H,14,16-18H2,1H3,(H,28,30). The third-order valence-electron chi connectivity index (χ3n) is 5.81. The van der Waals surface area contributed by atoms with Gasteiger partial charge in [-0.2, -0.15) is 0 Å². The molecule has 4 rings (SSSR count). The maximum absolute atomic E-state index is 13.6. The lowest BCUT2D eigenvalue weighted by molar-refractivity contribution is -0.124. The zero-order chi connectivity index (χ0) is 22.3. The molecule has 2 amide bonds. The summed E-state index contributed by atoms with van der Waals surface area (Å²) in [6.07, 6.45) is 2.39. The number of hydrogen-bond donors (Lipinski definition) is 1. The van der Waals surface area contributed by atoms with Crippen molar-refractivity contribution in [2.24, 2.45) is 0 Å². The van der Waals surface area contributed by atoms with Crippen molar-refractivity contribution in [1.29, 1.82) is 0 Å². The highest BCUT2D eigenvalue weighted by atomic mass is 16.5. The molecule has 0 saturated heterocycles. The Morgan fingerprint density at radius 2 is 1.78 bits per heavy atom. The van der Waals surface area contributed by atoms with Gasteiger partial charge < -0.3 is 15.0 Å². The van der Waals surface area contributed by atoms with E-state index in [0.717, 1.165) is 16.8 Å². The van der Waals surface area contributed by atoms with Gasteiger partial charge >= 0.3 is 0 Å². The van der Waals surface area contributed by atoms with Crippen molar-refractivity contribution < 1.29 is 14.3 Å². The average molecular weight is 430 g/mol. The van der Waals surface area contributed by atoms with E-state index in [1.165, 1.54) is 0 Å². The molecule has 6 heteroatoms. The highest BCUT2D eigenvalue weighted by Crippen LogP contribution is 2.42. The molecule has 0 radical (unpaired) electrons. The van der Waals surface area contributed by atoms with Crippen LogP contribution < -0.4 is 5.32 Å². The Hall–Kier alpha value is -3.51. The van der Waals surface area contributed by atoms with E-state index in [0.29, 0.717) is 31.7 Å². The average Bonchev–Trinajstić information content (AvgIpc) is 2.84. The van der Waals surface area contributed by atoms with Crippen molar-refractivity contribution in [1.82, 2.24) is 15.2 Å². The Morgan fingerprint density at radius 1 is 1.03 bits per heavy atom. The van der Waals surface area contributed by atoms with E-state index < -0.39 is 12.0 Å². The molecule has 1 aliphatic rings. The quantitative estimate of drug-likeness (QED) is 0.596. The fourth-order valence-corrected chi connectivity index (χ4v) is 4.30. The molecule has 6 nitrogen and oxygen atoms in total. The molecule has 0 aliphatic carbocycles. The van der Waals surface area contributed by atoms with Gasteiger partial charge in [-0.05, 0) is 29.3 Å². The third kappa shape index (κ3) is 4.55. The molecule has 1 N–H and O–H groups in total. The molecule has 2 unspecified atom stereocenters. The minimum Gasteiger partial charge on any atom is -0.383 e. The molecule has 2 atom stereocenters. The van der Waals surface area contributed by atoms with Crippen LogP contribution in [0.3, 0.4) is 0 Å². The summed E-state index contributed by atoms with van der Waals surface area (Å²) >= 11 is 0. The van der Waals surface area contributed by atoms with Gasteiger partial charge in [-0.3, -0.25) is 14.6 Å². The zero-order valence-corrected chi connectivity index (χ0v) is 18.1. The van der Waals surface area contributed by atoms with E-state index in [4.69, 9.17) is 4.74 Å². The summed E-state index contributed by atoms with van der Waals surface area (Å²) in [5, 5.41) is 3.08. The van der Waals surface area contributed by atoms with Crippen molar-refractivity contribution in [3.8, 4) is 0 Å². The first-order valence-electron chi connectivity index (χ1n) is 10.8. The van der Waals surface area contributed by atoms with Gasteiger partial charge in [0.2, 0.25) is 5.91 Å². The number of carbonyl (C=O) groups is 2. The van der Waals surface area contributed by atoms with Crippen LogP contribution in [0.15, 0.2) is 79.0 Å². The summed E-state index contributed by atoms with van der Waals surface area (Å²) < 4.78 is 5.27. The highest BCUT2D eigenvalue weighted by Gasteiger charge is 2.43. The van der Waals surface area contributed by atoms with E-state index in [1.54, 1.807) is 24.3 Å². The third-order valence-corrected chi connectivity index (χ3v) is 5.81. The van der Waals surface area contributed by atoms with Crippen LogP contribution in [-0.2, 0) is 16.0 Å². The molecular weight excluding hydrogens is 402 g/mol. The van der Waals surface area contributed by atoms with Gasteiger partial charge in [0.15, 0.2) is 0 Å². The highest BCUT2D eigenvalue weighted by molar-refractivity contribution is 6.01. The Kier molecular flexibility index (Phi) is 6.92. The molecule has 164 valence electrons. The number of benzene rings is 2. The first kappa shape index (κ1) is 21.7. The smallest absolute Gasteiger partial charge is 0.254 e. The molecule has 0 spiro atoms. The molecular formula is C26H27N3O3. The molecule has 0 fully saturated rings. The summed E-state index contributed by atoms with van der Waals surface area (Å²) in [6.45, 7) is 1.27. The molecule has 32 heavy (non-hydrogen) atoms. The predicted octanol–water partition coefficient (Wildman–Crippen LogP) is 3.37. The van der Waals surface area contributed by atoms with E-state index >= 15 is 0 Å². The lowest BCUT2D eigenvalue weighted by Gasteiger charge is -2.41. The first-order valence-corrected chi connectivity index (χ1v) is 10.8. The number of amides is 2. The van der Waals surface area contributed by atoms with Crippen LogP contribution >= 0.6 is 0 Å². The van der Waals surface area contributed by atoms with Crippen LogP contribution in [0.1, 0.15) is 39.1 Å². The lowest BCUT2D eigenvalue weighted by atomic mass is 9.79. The molecule has 2 aromatic carbocycles. The zero-order valence-electron chi connectivity index (χ0n) is 18.1. The number of fused-ring (bicyclic) bond motifs is 1. The number of nitrogens with one attached hydrogen (secondary N) is 1. The van der Waals surface area contributed by atoms with Gasteiger partial charge in [0, 0.05) is 44.1 Å². The van der Waals surface area contributed by atoms with E-state index in [1.807, 2.05) is 66.7 Å². The predicted molar refractivity (Wildman–Crippen MR) is 122 cm³/mol. The summed E-state index contributed by atoms with van der Waals surface area (Å²) in [4.78, 5) is 33.1. The number of methoxy groups -OCH3 is 1. The van der Waals surface area contributed by atoms with E-state index in [9.17, 15) is 9.59 Å². The molecule has 0 bridgehead atoms. The number of carbonyl (C=O) groups excluding carboxylic acids is 2. The molecule has 3 aromatic rings. The fourth-order valence-electron chi connectivity index (χ4n) is 4.30. The molecule has 2 heterocycles. The Bertz CT molecular complexity index is 1060. The Labute approximate surface area is 188 Å². The monoisotopic (exact) mass is 429 g/mol. The maximum atomic E-state index is 13.6. The van der Waals surface area contributed by atoms with Gasteiger partial charge in [0.05, 0.1) is 18.6 Å².